The van der Waals surface area contributed by atoms with Crippen LogP contribution in [0.4, 0.5) is 18.9 Å². The highest BCUT2D eigenvalue weighted by Gasteiger charge is 2.55. The smallest absolute Gasteiger partial charge is 0.375 e. The lowest BCUT2D eigenvalue weighted by Gasteiger charge is -2.31. The Morgan fingerprint density at radius 3 is 2.00 bits per heavy atom. The van der Waals surface area contributed by atoms with Gasteiger partial charge in [-0.2, -0.15) is 13.2 Å². The molecule has 8 heteroatoms. The van der Waals surface area contributed by atoms with E-state index in [1.807, 2.05) is 12.2 Å². The highest BCUT2D eigenvalue weighted by atomic mass is 19.4. The number of carbonyl (C=O) groups is 2. The van der Waals surface area contributed by atoms with E-state index in [4.69, 9.17) is 0 Å². The van der Waals surface area contributed by atoms with Gasteiger partial charge in [0.2, 0.25) is 5.60 Å². The van der Waals surface area contributed by atoms with Gasteiger partial charge in [-0.05, 0) is 37.5 Å². The van der Waals surface area contributed by atoms with E-state index in [2.05, 4.69) is 5.32 Å². The van der Waals surface area contributed by atoms with Crippen LogP contribution >= 0.6 is 0 Å². The molecule has 2 aromatic carbocycles. The second-order valence-corrected chi connectivity index (χ2v) is 6.63. The van der Waals surface area contributed by atoms with Crippen molar-refractivity contribution in [3.8, 4) is 0 Å². The average molecular weight is 394 g/mol. The Balaban J connectivity index is 2.14. The molecular weight excluding hydrogens is 373 g/mol. The summed E-state index contributed by atoms with van der Waals surface area (Å²) in [5.74, 6) is -2.40. The Hall–Kier alpha value is -2.87. The molecule has 0 heterocycles. The number of hydrogen-bond acceptors (Lipinski definition) is 3. The van der Waals surface area contributed by atoms with Crippen LogP contribution in [0.3, 0.4) is 0 Å². The minimum absolute atomic E-state index is 0.417. The summed E-state index contributed by atoms with van der Waals surface area (Å²) in [4.78, 5) is 24.2. The van der Waals surface area contributed by atoms with Gasteiger partial charge in [0.05, 0.1) is 6.54 Å². The summed E-state index contributed by atoms with van der Waals surface area (Å²) in [5.41, 5.74) is -0.937. The van der Waals surface area contributed by atoms with Crippen molar-refractivity contribution in [2.45, 2.75) is 32.5 Å². The molecule has 0 aliphatic heterocycles. The number of amides is 2. The first kappa shape index (κ1) is 21.4. The number of hydrogen-bond donors (Lipinski definition) is 3. The predicted molar refractivity (Wildman–Crippen MR) is 98.7 cm³/mol. The standard InChI is InChI=1S/C20H21F3N2O3/c1-12-9-13(2)16(14(3)10-12)25-18(27)17(26)24-11-19(28,20(21,22)23)15-7-5-4-6-8-15/h4-10,28H,11H2,1-3H3,(H,24,26)(H,25,27). The quantitative estimate of drug-likeness (QED) is 0.698. The first-order valence-corrected chi connectivity index (χ1v) is 8.47. The van der Waals surface area contributed by atoms with Crippen molar-refractivity contribution in [3.05, 3.63) is 64.7 Å². The van der Waals surface area contributed by atoms with Crippen LogP contribution < -0.4 is 10.6 Å². The van der Waals surface area contributed by atoms with Gasteiger partial charge < -0.3 is 15.7 Å². The summed E-state index contributed by atoms with van der Waals surface area (Å²) in [5, 5.41) is 14.5. The molecule has 5 nitrogen and oxygen atoms in total. The van der Waals surface area contributed by atoms with Crippen molar-refractivity contribution in [3.63, 3.8) is 0 Å². The fraction of sp³-hybridized carbons (Fsp3) is 0.300. The van der Waals surface area contributed by atoms with Crippen molar-refractivity contribution in [1.29, 1.82) is 0 Å². The third kappa shape index (κ3) is 4.51. The van der Waals surface area contributed by atoms with Crippen LogP contribution in [0.15, 0.2) is 42.5 Å². The minimum atomic E-state index is -5.05. The van der Waals surface area contributed by atoms with Crippen LogP contribution in [0.2, 0.25) is 0 Å². The van der Waals surface area contributed by atoms with Crippen molar-refractivity contribution in [2.75, 3.05) is 11.9 Å². The lowest BCUT2D eigenvalue weighted by molar-refractivity contribution is -0.264. The van der Waals surface area contributed by atoms with E-state index in [9.17, 15) is 27.9 Å². The van der Waals surface area contributed by atoms with Crippen LogP contribution in [0.1, 0.15) is 22.3 Å². The number of alkyl halides is 3. The van der Waals surface area contributed by atoms with E-state index in [1.54, 1.807) is 26.0 Å². The van der Waals surface area contributed by atoms with Gasteiger partial charge in [0.1, 0.15) is 0 Å². The summed E-state index contributed by atoms with van der Waals surface area (Å²) in [6, 6.07) is 9.97. The molecule has 2 amide bonds. The molecule has 2 aromatic rings. The summed E-state index contributed by atoms with van der Waals surface area (Å²) in [6.45, 7) is 4.16. The van der Waals surface area contributed by atoms with Gasteiger partial charge in [0, 0.05) is 5.69 Å². The zero-order valence-corrected chi connectivity index (χ0v) is 15.6. The zero-order valence-electron chi connectivity index (χ0n) is 15.6. The van der Waals surface area contributed by atoms with Gasteiger partial charge in [-0.15, -0.1) is 0 Å². The molecule has 0 spiro atoms. The Morgan fingerprint density at radius 2 is 1.50 bits per heavy atom. The fourth-order valence-electron chi connectivity index (χ4n) is 2.92. The molecule has 0 fully saturated rings. The number of carbonyl (C=O) groups excluding carboxylic acids is 2. The third-order valence-corrected chi connectivity index (χ3v) is 4.35. The van der Waals surface area contributed by atoms with Crippen molar-refractivity contribution in [2.24, 2.45) is 0 Å². The van der Waals surface area contributed by atoms with E-state index >= 15 is 0 Å². The summed E-state index contributed by atoms with van der Waals surface area (Å²) >= 11 is 0. The highest BCUT2D eigenvalue weighted by molar-refractivity contribution is 6.39. The second kappa shape index (κ2) is 8.02. The van der Waals surface area contributed by atoms with Crippen molar-refractivity contribution < 1.29 is 27.9 Å². The number of nitrogens with one attached hydrogen (secondary N) is 2. The van der Waals surface area contributed by atoms with E-state index in [0.29, 0.717) is 5.69 Å². The minimum Gasteiger partial charge on any atom is -0.375 e. The molecular formula is C20H21F3N2O3. The molecule has 0 aliphatic rings. The van der Waals surface area contributed by atoms with Crippen LogP contribution in [-0.2, 0) is 15.2 Å². The van der Waals surface area contributed by atoms with E-state index in [-0.39, 0.29) is 0 Å². The third-order valence-electron chi connectivity index (χ3n) is 4.35. The molecule has 3 N–H and O–H groups in total. The van der Waals surface area contributed by atoms with Gasteiger partial charge in [-0.25, -0.2) is 0 Å². The lowest BCUT2D eigenvalue weighted by Crippen LogP contribution is -2.52. The topological polar surface area (TPSA) is 78.4 Å². The summed E-state index contributed by atoms with van der Waals surface area (Å²) in [7, 11) is 0. The van der Waals surface area contributed by atoms with Gasteiger partial charge in [-0.1, -0.05) is 48.0 Å². The van der Waals surface area contributed by atoms with Crippen LogP contribution in [-0.4, -0.2) is 29.6 Å². The number of aliphatic hydroxyl groups is 1. The molecule has 0 saturated carbocycles. The van der Waals surface area contributed by atoms with Gasteiger partial charge in [0.25, 0.3) is 0 Å². The number of benzene rings is 2. The monoisotopic (exact) mass is 394 g/mol. The molecule has 2 rings (SSSR count). The fourth-order valence-corrected chi connectivity index (χ4v) is 2.92. The Bertz CT molecular complexity index is 859. The normalized spacial score (nSPS) is 13.5. The highest BCUT2D eigenvalue weighted by Crippen LogP contribution is 2.38. The summed E-state index contributed by atoms with van der Waals surface area (Å²) in [6.07, 6.45) is -5.05. The number of anilines is 1. The SMILES string of the molecule is Cc1cc(C)c(NC(=O)C(=O)NCC(O)(c2ccccc2)C(F)(F)F)c(C)c1. The molecule has 0 aliphatic carbocycles. The number of rotatable bonds is 4. The predicted octanol–water partition coefficient (Wildman–Crippen LogP) is 3.12. The molecule has 0 bridgehead atoms. The van der Waals surface area contributed by atoms with E-state index < -0.39 is 35.7 Å². The van der Waals surface area contributed by atoms with Gasteiger partial charge in [0.15, 0.2) is 0 Å². The Labute approximate surface area is 160 Å². The zero-order chi connectivity index (χ0) is 21.1. The van der Waals surface area contributed by atoms with Gasteiger partial charge >= 0.3 is 18.0 Å². The van der Waals surface area contributed by atoms with Gasteiger partial charge in [-0.3, -0.25) is 9.59 Å². The first-order chi connectivity index (χ1) is 13.0. The Kier molecular flexibility index (Phi) is 6.14. The summed E-state index contributed by atoms with van der Waals surface area (Å²) < 4.78 is 40.3. The van der Waals surface area contributed by atoms with Crippen molar-refractivity contribution >= 4 is 17.5 Å². The van der Waals surface area contributed by atoms with Crippen LogP contribution in [0.5, 0.6) is 0 Å². The lowest BCUT2D eigenvalue weighted by atomic mass is 9.93. The maximum absolute atomic E-state index is 13.4. The molecule has 0 radical (unpaired) electrons. The van der Waals surface area contributed by atoms with Crippen molar-refractivity contribution in [1.82, 2.24) is 5.32 Å². The maximum atomic E-state index is 13.4. The second-order valence-electron chi connectivity index (χ2n) is 6.63. The average Bonchev–Trinajstić information content (AvgIpc) is 2.61. The molecule has 28 heavy (non-hydrogen) atoms. The van der Waals surface area contributed by atoms with E-state index in [0.717, 1.165) is 28.8 Å². The number of aryl methyl sites for hydroxylation is 3. The molecule has 0 aromatic heterocycles. The molecule has 150 valence electrons. The first-order valence-electron chi connectivity index (χ1n) is 8.47. The molecule has 1 atom stereocenters. The largest absolute Gasteiger partial charge is 0.423 e. The van der Waals surface area contributed by atoms with Crippen LogP contribution in [0, 0.1) is 20.8 Å². The molecule has 1 unspecified atom stereocenters. The van der Waals surface area contributed by atoms with Crippen LogP contribution in [0.25, 0.3) is 0 Å². The number of halogens is 3. The molecule has 0 saturated heterocycles. The maximum Gasteiger partial charge on any atom is 0.423 e. The van der Waals surface area contributed by atoms with E-state index in [1.165, 1.54) is 18.2 Å². The Morgan fingerprint density at radius 1 is 0.964 bits per heavy atom.